The molecule has 0 fully saturated rings. The van der Waals surface area contributed by atoms with Crippen LogP contribution in [0.3, 0.4) is 0 Å². The maximum Gasteiger partial charge on any atom is 0.239 e. The first-order valence-corrected chi connectivity index (χ1v) is 5.12. The van der Waals surface area contributed by atoms with Crippen molar-refractivity contribution in [1.29, 1.82) is 0 Å². The van der Waals surface area contributed by atoms with E-state index in [1.54, 1.807) is 10.9 Å². The third kappa shape index (κ3) is 3.06. The van der Waals surface area contributed by atoms with Crippen molar-refractivity contribution in [3.05, 3.63) is 18.0 Å². The molecule has 0 aliphatic rings. The second kappa shape index (κ2) is 4.93. The van der Waals surface area contributed by atoms with Gasteiger partial charge in [0, 0.05) is 24.3 Å². The Hall–Kier alpha value is -1.36. The molecule has 5 heteroatoms. The summed E-state index contributed by atoms with van der Waals surface area (Å²) in [4.78, 5) is 11.3. The average molecular weight is 210 g/mol. The smallest absolute Gasteiger partial charge is 0.239 e. The summed E-state index contributed by atoms with van der Waals surface area (Å²) in [5.41, 5.74) is 6.15. The Morgan fingerprint density at radius 1 is 1.67 bits per heavy atom. The molecule has 0 spiro atoms. The number of primary amides is 1. The molecule has 15 heavy (non-hydrogen) atoms. The molecule has 0 radical (unpaired) electrons. The zero-order valence-corrected chi connectivity index (χ0v) is 9.40. The van der Waals surface area contributed by atoms with Crippen LogP contribution < -0.4 is 11.1 Å². The van der Waals surface area contributed by atoms with Gasteiger partial charge in [0.05, 0.1) is 6.20 Å². The summed E-state index contributed by atoms with van der Waals surface area (Å²) < 4.78 is 1.77. The molecule has 84 valence electrons. The minimum atomic E-state index is -0.453. The highest BCUT2D eigenvalue weighted by Gasteiger charge is 2.19. The first kappa shape index (κ1) is 11.7. The van der Waals surface area contributed by atoms with Gasteiger partial charge in [-0.1, -0.05) is 0 Å². The number of aromatic nitrogens is 2. The number of nitrogens with one attached hydrogen (secondary N) is 1. The summed E-state index contributed by atoms with van der Waals surface area (Å²) in [6.45, 7) is 6.72. The Labute approximate surface area is 89.6 Å². The molecule has 0 bridgehead atoms. The maximum absolute atomic E-state index is 11.3. The van der Waals surface area contributed by atoms with Crippen LogP contribution in [0.5, 0.6) is 0 Å². The van der Waals surface area contributed by atoms with E-state index < -0.39 is 6.04 Å². The fourth-order valence-corrected chi connectivity index (χ4v) is 1.38. The van der Waals surface area contributed by atoms with Gasteiger partial charge in [-0.25, -0.2) is 0 Å². The standard InChI is InChI=1S/C10H18N4O/c1-4-14-6-8(5-12-14)9(10(11)15)13-7(2)3/h5-7,9,13H,4H2,1-3H3,(H2,11,15). The normalized spacial score (nSPS) is 13.1. The van der Waals surface area contributed by atoms with Crippen molar-refractivity contribution in [2.45, 2.75) is 39.4 Å². The molecule has 1 aromatic heterocycles. The van der Waals surface area contributed by atoms with Crippen LogP contribution in [0.1, 0.15) is 32.4 Å². The molecule has 0 saturated carbocycles. The van der Waals surface area contributed by atoms with E-state index in [1.807, 2.05) is 27.0 Å². The van der Waals surface area contributed by atoms with Crippen LogP contribution in [-0.4, -0.2) is 21.7 Å². The Morgan fingerprint density at radius 2 is 2.33 bits per heavy atom. The first-order valence-electron chi connectivity index (χ1n) is 5.12. The summed E-state index contributed by atoms with van der Waals surface area (Å²) in [6, 6.07) is -0.252. The van der Waals surface area contributed by atoms with Crippen molar-refractivity contribution < 1.29 is 4.79 Å². The Kier molecular flexibility index (Phi) is 3.85. The van der Waals surface area contributed by atoms with E-state index in [1.165, 1.54) is 0 Å². The minimum Gasteiger partial charge on any atom is -0.368 e. The molecule has 0 saturated heterocycles. The fraction of sp³-hybridized carbons (Fsp3) is 0.600. The molecule has 1 rings (SSSR count). The Balaban J connectivity index is 2.83. The van der Waals surface area contributed by atoms with Crippen LogP contribution in [0.25, 0.3) is 0 Å². The quantitative estimate of drug-likeness (QED) is 0.740. The first-order chi connectivity index (χ1) is 7.04. The third-order valence-corrected chi connectivity index (χ3v) is 2.10. The molecule has 3 N–H and O–H groups in total. The highest BCUT2D eigenvalue weighted by molar-refractivity contribution is 5.81. The van der Waals surface area contributed by atoms with Crippen LogP contribution in [0.4, 0.5) is 0 Å². The van der Waals surface area contributed by atoms with Gasteiger partial charge in [-0.05, 0) is 20.8 Å². The van der Waals surface area contributed by atoms with Crippen molar-refractivity contribution in [3.63, 3.8) is 0 Å². The summed E-state index contributed by atoms with van der Waals surface area (Å²) in [5, 5.41) is 7.22. The molecule has 1 unspecified atom stereocenters. The third-order valence-electron chi connectivity index (χ3n) is 2.10. The molecular formula is C10H18N4O. The molecule has 1 heterocycles. The molecule has 0 aromatic carbocycles. The van der Waals surface area contributed by atoms with E-state index in [0.29, 0.717) is 0 Å². The van der Waals surface area contributed by atoms with Gasteiger partial charge in [-0.15, -0.1) is 0 Å². The molecular weight excluding hydrogens is 192 g/mol. The van der Waals surface area contributed by atoms with Gasteiger partial charge in [-0.3, -0.25) is 14.8 Å². The van der Waals surface area contributed by atoms with Crippen LogP contribution >= 0.6 is 0 Å². The van der Waals surface area contributed by atoms with E-state index in [2.05, 4.69) is 10.4 Å². The largest absolute Gasteiger partial charge is 0.368 e. The SMILES string of the molecule is CCn1cc(C(NC(C)C)C(N)=O)cn1. The fourth-order valence-electron chi connectivity index (χ4n) is 1.38. The monoisotopic (exact) mass is 210 g/mol. The Morgan fingerprint density at radius 3 is 2.73 bits per heavy atom. The summed E-state index contributed by atoms with van der Waals surface area (Å²) in [5.74, 6) is -0.376. The lowest BCUT2D eigenvalue weighted by atomic mass is 10.1. The molecule has 0 aliphatic carbocycles. The molecule has 1 amide bonds. The van der Waals surface area contributed by atoms with Gasteiger partial charge in [0.2, 0.25) is 5.91 Å². The van der Waals surface area contributed by atoms with Gasteiger partial charge in [0.1, 0.15) is 6.04 Å². The van der Waals surface area contributed by atoms with Gasteiger partial charge in [0.25, 0.3) is 0 Å². The minimum absolute atomic E-state index is 0.201. The Bertz CT molecular complexity index is 332. The summed E-state index contributed by atoms with van der Waals surface area (Å²) in [7, 11) is 0. The second-order valence-corrected chi connectivity index (χ2v) is 3.79. The number of amides is 1. The zero-order valence-electron chi connectivity index (χ0n) is 9.40. The van der Waals surface area contributed by atoms with Crippen LogP contribution in [-0.2, 0) is 11.3 Å². The number of nitrogens with two attached hydrogens (primary N) is 1. The number of nitrogens with zero attached hydrogens (tertiary/aromatic N) is 2. The molecule has 0 aliphatic heterocycles. The van der Waals surface area contributed by atoms with Gasteiger partial charge in [0.15, 0.2) is 0 Å². The maximum atomic E-state index is 11.3. The number of aryl methyl sites for hydroxylation is 1. The van der Waals surface area contributed by atoms with E-state index in [4.69, 9.17) is 5.73 Å². The molecule has 1 atom stereocenters. The highest BCUT2D eigenvalue weighted by atomic mass is 16.1. The van der Waals surface area contributed by atoms with Crippen molar-refractivity contribution in [2.24, 2.45) is 5.73 Å². The van der Waals surface area contributed by atoms with E-state index >= 15 is 0 Å². The van der Waals surface area contributed by atoms with Crippen LogP contribution in [0, 0.1) is 0 Å². The lowest BCUT2D eigenvalue weighted by Gasteiger charge is -2.16. The van der Waals surface area contributed by atoms with Gasteiger partial charge in [-0.2, -0.15) is 5.10 Å². The molecule has 1 aromatic rings. The number of carbonyl (C=O) groups excluding carboxylic acids is 1. The number of carbonyl (C=O) groups is 1. The van der Waals surface area contributed by atoms with E-state index in [9.17, 15) is 4.79 Å². The average Bonchev–Trinajstić information content (AvgIpc) is 2.61. The predicted octanol–water partition coefficient (Wildman–Crippen LogP) is 0.427. The summed E-state index contributed by atoms with van der Waals surface area (Å²) in [6.07, 6.45) is 3.51. The predicted molar refractivity (Wildman–Crippen MR) is 58.1 cm³/mol. The molecule has 5 nitrogen and oxygen atoms in total. The van der Waals surface area contributed by atoms with Crippen LogP contribution in [0.2, 0.25) is 0 Å². The van der Waals surface area contributed by atoms with Crippen molar-refractivity contribution >= 4 is 5.91 Å². The van der Waals surface area contributed by atoms with Crippen LogP contribution in [0.15, 0.2) is 12.4 Å². The van der Waals surface area contributed by atoms with Crippen molar-refractivity contribution in [3.8, 4) is 0 Å². The second-order valence-electron chi connectivity index (χ2n) is 3.79. The highest BCUT2D eigenvalue weighted by Crippen LogP contribution is 2.12. The lowest BCUT2D eigenvalue weighted by molar-refractivity contribution is -0.120. The zero-order chi connectivity index (χ0) is 11.4. The van der Waals surface area contributed by atoms with Gasteiger partial charge >= 0.3 is 0 Å². The topological polar surface area (TPSA) is 72.9 Å². The number of rotatable bonds is 5. The van der Waals surface area contributed by atoms with E-state index in [-0.39, 0.29) is 11.9 Å². The lowest BCUT2D eigenvalue weighted by Crippen LogP contribution is -2.37. The van der Waals surface area contributed by atoms with Crippen molar-refractivity contribution in [1.82, 2.24) is 15.1 Å². The van der Waals surface area contributed by atoms with Crippen molar-refractivity contribution in [2.75, 3.05) is 0 Å². The number of hydrogen-bond acceptors (Lipinski definition) is 3. The summed E-state index contributed by atoms with van der Waals surface area (Å²) >= 11 is 0. The van der Waals surface area contributed by atoms with Gasteiger partial charge < -0.3 is 5.73 Å². The number of hydrogen-bond donors (Lipinski definition) is 2. The van der Waals surface area contributed by atoms with E-state index in [0.717, 1.165) is 12.1 Å².